The fraction of sp³-hybridized carbons (Fsp3) is 0.350. The molecule has 0 aliphatic heterocycles. The quantitative estimate of drug-likeness (QED) is 0.536. The summed E-state index contributed by atoms with van der Waals surface area (Å²) in [5.41, 5.74) is 0.392. The highest BCUT2D eigenvalue weighted by atomic mass is 32.2. The molecule has 0 saturated heterocycles. The van der Waals surface area contributed by atoms with Crippen molar-refractivity contribution in [2.24, 2.45) is 0 Å². The number of carbonyl (C=O) groups is 1. The second kappa shape index (κ2) is 9.15. The summed E-state index contributed by atoms with van der Waals surface area (Å²) in [6, 6.07) is 10.1. The van der Waals surface area contributed by atoms with E-state index in [1.54, 1.807) is 31.3 Å². The van der Waals surface area contributed by atoms with Crippen LogP contribution in [0.1, 0.15) is 31.9 Å². The molecule has 3 rings (SSSR count). The molecule has 0 spiro atoms. The zero-order valence-corrected chi connectivity index (χ0v) is 17.3. The van der Waals surface area contributed by atoms with Crippen LogP contribution in [0.5, 0.6) is 0 Å². The summed E-state index contributed by atoms with van der Waals surface area (Å²) in [5.74, 6) is 0.325. The number of nitrogens with zero attached hydrogens (tertiary/aromatic N) is 3. The lowest BCUT2D eigenvalue weighted by Crippen LogP contribution is -2.38. The van der Waals surface area contributed by atoms with E-state index in [1.807, 2.05) is 19.1 Å². The molecule has 9 heteroatoms. The van der Waals surface area contributed by atoms with Crippen LogP contribution in [0.2, 0.25) is 0 Å². The van der Waals surface area contributed by atoms with Crippen LogP contribution in [-0.2, 0) is 14.8 Å². The zero-order valence-electron chi connectivity index (χ0n) is 16.5. The van der Waals surface area contributed by atoms with Crippen LogP contribution in [0.15, 0.2) is 52.0 Å². The Hall–Kier alpha value is -2.78. The molecule has 8 nitrogen and oxygen atoms in total. The maximum Gasteiger partial charge on any atom is 0.245 e. The molecule has 0 aliphatic rings. The highest BCUT2D eigenvalue weighted by Gasteiger charge is 2.28. The minimum absolute atomic E-state index is 0.0946. The van der Waals surface area contributed by atoms with Crippen LogP contribution in [0.25, 0.3) is 10.9 Å². The summed E-state index contributed by atoms with van der Waals surface area (Å²) >= 11 is 0. The fourth-order valence-electron chi connectivity index (χ4n) is 3.01. The van der Waals surface area contributed by atoms with Gasteiger partial charge in [-0.25, -0.2) is 8.42 Å². The van der Waals surface area contributed by atoms with Gasteiger partial charge >= 0.3 is 0 Å². The maximum atomic E-state index is 13.4. The minimum Gasteiger partial charge on any atom is -0.360 e. The maximum absolute atomic E-state index is 13.4. The van der Waals surface area contributed by atoms with Crippen molar-refractivity contribution < 1.29 is 17.7 Å². The first-order valence-electron chi connectivity index (χ1n) is 9.49. The normalized spacial score (nSPS) is 11.8. The summed E-state index contributed by atoms with van der Waals surface area (Å²) in [7, 11) is -3.92. The molecule has 2 aromatic heterocycles. The summed E-state index contributed by atoms with van der Waals surface area (Å²) in [5, 5.41) is 7.02. The van der Waals surface area contributed by atoms with E-state index in [9.17, 15) is 13.2 Å². The zero-order chi connectivity index (χ0) is 20.9. The molecule has 1 N–H and O–H groups in total. The Morgan fingerprint density at radius 3 is 2.72 bits per heavy atom. The number of aromatic nitrogens is 2. The number of rotatable bonds is 9. The van der Waals surface area contributed by atoms with Crippen LogP contribution in [0.4, 0.5) is 5.82 Å². The van der Waals surface area contributed by atoms with Gasteiger partial charge in [-0.2, -0.15) is 4.31 Å². The number of anilines is 1. The highest BCUT2D eigenvalue weighted by molar-refractivity contribution is 7.89. The van der Waals surface area contributed by atoms with Gasteiger partial charge in [0.1, 0.15) is 10.7 Å². The van der Waals surface area contributed by atoms with E-state index in [-0.39, 0.29) is 23.8 Å². The largest absolute Gasteiger partial charge is 0.360 e. The molecule has 29 heavy (non-hydrogen) atoms. The Morgan fingerprint density at radius 1 is 1.21 bits per heavy atom. The fourth-order valence-corrected chi connectivity index (χ4v) is 4.61. The van der Waals surface area contributed by atoms with E-state index in [4.69, 9.17) is 4.52 Å². The predicted octanol–water partition coefficient (Wildman–Crippen LogP) is 3.35. The molecule has 0 aliphatic carbocycles. The van der Waals surface area contributed by atoms with Gasteiger partial charge in [-0.15, -0.1) is 0 Å². The molecule has 0 atom stereocenters. The minimum atomic E-state index is -3.92. The first-order valence-corrected chi connectivity index (χ1v) is 10.9. The SMILES string of the molecule is CCCCCN(CC(=O)Nc1cc(C)on1)S(=O)(=O)c1cccc2cccnc12. The molecule has 0 saturated carbocycles. The van der Waals surface area contributed by atoms with Crippen LogP contribution in [-0.4, -0.2) is 41.9 Å². The average Bonchev–Trinajstić information content (AvgIpc) is 3.11. The number of amides is 1. The number of nitrogens with one attached hydrogen (secondary N) is 1. The molecule has 0 bridgehead atoms. The van der Waals surface area contributed by atoms with Gasteiger partial charge in [0, 0.05) is 24.2 Å². The van der Waals surface area contributed by atoms with Gasteiger partial charge in [-0.1, -0.05) is 43.1 Å². The smallest absolute Gasteiger partial charge is 0.245 e. The summed E-state index contributed by atoms with van der Waals surface area (Å²) in [6.07, 6.45) is 4.02. The van der Waals surface area contributed by atoms with Crippen molar-refractivity contribution in [1.29, 1.82) is 0 Å². The highest BCUT2D eigenvalue weighted by Crippen LogP contribution is 2.24. The molecule has 0 fully saturated rings. The Kier molecular flexibility index (Phi) is 6.60. The summed E-state index contributed by atoms with van der Waals surface area (Å²) in [4.78, 5) is 16.8. The second-order valence-corrected chi connectivity index (χ2v) is 8.65. The molecule has 0 unspecified atom stereocenters. The number of aryl methyl sites for hydroxylation is 1. The molecule has 154 valence electrons. The molecular formula is C20H24N4O4S. The van der Waals surface area contributed by atoms with E-state index < -0.39 is 15.9 Å². The number of para-hydroxylation sites is 1. The van der Waals surface area contributed by atoms with Crippen LogP contribution in [0.3, 0.4) is 0 Å². The van der Waals surface area contributed by atoms with Gasteiger partial charge in [0.05, 0.1) is 12.1 Å². The average molecular weight is 417 g/mol. The van der Waals surface area contributed by atoms with Crippen molar-refractivity contribution >= 4 is 32.7 Å². The molecular weight excluding hydrogens is 392 g/mol. The lowest BCUT2D eigenvalue weighted by molar-refractivity contribution is -0.116. The molecule has 1 amide bonds. The van der Waals surface area contributed by atoms with E-state index in [0.717, 1.165) is 18.2 Å². The van der Waals surface area contributed by atoms with Crippen molar-refractivity contribution in [3.8, 4) is 0 Å². The number of fused-ring (bicyclic) bond motifs is 1. The molecule has 1 aromatic carbocycles. The number of pyridine rings is 1. The van der Waals surface area contributed by atoms with E-state index >= 15 is 0 Å². The topological polar surface area (TPSA) is 105 Å². The Balaban J connectivity index is 1.88. The van der Waals surface area contributed by atoms with Crippen molar-refractivity contribution in [1.82, 2.24) is 14.4 Å². The van der Waals surface area contributed by atoms with E-state index in [1.165, 1.54) is 10.4 Å². The Morgan fingerprint density at radius 2 is 2.00 bits per heavy atom. The van der Waals surface area contributed by atoms with Crippen molar-refractivity contribution in [2.45, 2.75) is 38.0 Å². The number of benzene rings is 1. The van der Waals surface area contributed by atoms with Gasteiger partial charge in [-0.05, 0) is 25.5 Å². The van der Waals surface area contributed by atoms with Gasteiger partial charge in [0.15, 0.2) is 5.82 Å². The van der Waals surface area contributed by atoms with E-state index in [2.05, 4.69) is 15.5 Å². The van der Waals surface area contributed by atoms with E-state index in [0.29, 0.717) is 17.7 Å². The third-order valence-electron chi connectivity index (χ3n) is 4.44. The lowest BCUT2D eigenvalue weighted by atomic mass is 10.2. The number of hydrogen-bond acceptors (Lipinski definition) is 6. The monoisotopic (exact) mass is 416 g/mol. The number of hydrogen-bond donors (Lipinski definition) is 1. The lowest BCUT2D eigenvalue weighted by Gasteiger charge is -2.22. The Labute approximate surface area is 170 Å². The number of unbranched alkanes of at least 4 members (excludes halogenated alkanes) is 2. The van der Waals surface area contributed by atoms with Crippen molar-refractivity contribution in [3.05, 3.63) is 48.4 Å². The van der Waals surface area contributed by atoms with Gasteiger partial charge in [0.2, 0.25) is 15.9 Å². The van der Waals surface area contributed by atoms with Crippen LogP contribution < -0.4 is 5.32 Å². The second-order valence-electron chi connectivity index (χ2n) is 6.75. The first-order chi connectivity index (χ1) is 13.9. The van der Waals surface area contributed by atoms with Crippen molar-refractivity contribution in [3.63, 3.8) is 0 Å². The summed E-state index contributed by atoms with van der Waals surface area (Å²) in [6.45, 7) is 3.66. The number of carbonyl (C=O) groups excluding carboxylic acids is 1. The molecule has 0 radical (unpaired) electrons. The van der Waals surface area contributed by atoms with Gasteiger partial charge in [0.25, 0.3) is 0 Å². The third-order valence-corrected chi connectivity index (χ3v) is 6.32. The standard InChI is InChI=1S/C20H24N4O4S/c1-3-4-5-12-24(14-19(25)22-18-13-15(2)28-23-18)29(26,27)17-10-6-8-16-9-7-11-21-20(16)17/h6-11,13H,3-5,12,14H2,1-2H3,(H,22,23,25). The summed E-state index contributed by atoms with van der Waals surface area (Å²) < 4.78 is 32.9. The molecule has 2 heterocycles. The first kappa shape index (κ1) is 20.9. The number of sulfonamides is 1. The third kappa shape index (κ3) is 4.99. The van der Waals surface area contributed by atoms with Crippen LogP contribution >= 0.6 is 0 Å². The van der Waals surface area contributed by atoms with Gasteiger partial charge < -0.3 is 9.84 Å². The predicted molar refractivity (Wildman–Crippen MR) is 110 cm³/mol. The Bertz CT molecular complexity index is 1090. The van der Waals surface area contributed by atoms with Crippen LogP contribution in [0, 0.1) is 6.92 Å². The molecule has 3 aromatic rings. The van der Waals surface area contributed by atoms with Crippen molar-refractivity contribution in [2.75, 3.05) is 18.4 Å². The van der Waals surface area contributed by atoms with Gasteiger partial charge in [-0.3, -0.25) is 9.78 Å².